The molecule has 0 unspecified atom stereocenters. The molecule has 2 nitrogen and oxygen atoms in total. The SMILES string of the molecule is C=N[C@@]1(CC)[C@H]2C[C@H]2[C@H]2[C@@H]3C=CC4=CC(=O)CC[C@@H]4[C@H]3CC[C@@]21C. The zero-order valence-electron chi connectivity index (χ0n) is 15.0. The van der Waals surface area contributed by atoms with Gasteiger partial charge in [0.05, 0.1) is 5.54 Å². The molecule has 0 amide bonds. The number of hydrogen-bond acceptors (Lipinski definition) is 2. The van der Waals surface area contributed by atoms with Gasteiger partial charge >= 0.3 is 0 Å². The Morgan fingerprint density at radius 3 is 2.92 bits per heavy atom. The van der Waals surface area contributed by atoms with Gasteiger partial charge in [0.25, 0.3) is 0 Å². The molecule has 0 aromatic rings. The van der Waals surface area contributed by atoms with Crippen LogP contribution in [0.1, 0.15) is 52.4 Å². The van der Waals surface area contributed by atoms with Crippen molar-refractivity contribution in [3.05, 3.63) is 23.8 Å². The molecule has 0 bridgehead atoms. The van der Waals surface area contributed by atoms with Crippen molar-refractivity contribution in [3.63, 3.8) is 0 Å². The summed E-state index contributed by atoms with van der Waals surface area (Å²) in [4.78, 5) is 16.6. The first-order valence-electron chi connectivity index (χ1n) is 9.96. The zero-order chi connectivity index (χ0) is 16.7. The van der Waals surface area contributed by atoms with E-state index in [1.54, 1.807) is 0 Å². The minimum Gasteiger partial charge on any atom is -0.295 e. The highest BCUT2D eigenvalue weighted by atomic mass is 16.1. The van der Waals surface area contributed by atoms with Gasteiger partial charge in [-0.15, -0.1) is 0 Å². The summed E-state index contributed by atoms with van der Waals surface area (Å²) in [7, 11) is 0. The average molecular weight is 323 g/mol. The average Bonchev–Trinajstić information content (AvgIpc) is 3.32. The van der Waals surface area contributed by atoms with Crippen molar-refractivity contribution in [1.82, 2.24) is 0 Å². The third-order valence-corrected chi connectivity index (χ3v) is 8.85. The highest BCUT2D eigenvalue weighted by Gasteiger charge is 2.74. The number of hydrogen-bond donors (Lipinski definition) is 0. The fraction of sp³-hybridized carbons (Fsp3) is 0.727. The lowest BCUT2D eigenvalue weighted by Gasteiger charge is -2.56. The third kappa shape index (κ3) is 1.59. The molecule has 0 N–H and O–H groups in total. The molecule has 5 aliphatic carbocycles. The van der Waals surface area contributed by atoms with Crippen molar-refractivity contribution < 1.29 is 4.79 Å². The Morgan fingerprint density at radius 2 is 2.17 bits per heavy atom. The van der Waals surface area contributed by atoms with Crippen LogP contribution in [0.2, 0.25) is 0 Å². The van der Waals surface area contributed by atoms with Crippen LogP contribution in [0.25, 0.3) is 0 Å². The molecule has 2 heteroatoms. The summed E-state index contributed by atoms with van der Waals surface area (Å²) in [5, 5.41) is 0. The first-order chi connectivity index (χ1) is 11.6. The van der Waals surface area contributed by atoms with Crippen molar-refractivity contribution in [1.29, 1.82) is 0 Å². The van der Waals surface area contributed by atoms with Crippen LogP contribution in [0.15, 0.2) is 28.8 Å². The minimum absolute atomic E-state index is 0.125. The summed E-state index contributed by atoms with van der Waals surface area (Å²) >= 11 is 0. The quantitative estimate of drug-likeness (QED) is 0.682. The smallest absolute Gasteiger partial charge is 0.155 e. The van der Waals surface area contributed by atoms with Crippen LogP contribution >= 0.6 is 0 Å². The molecule has 0 aromatic heterocycles. The second-order valence-electron chi connectivity index (χ2n) is 9.28. The van der Waals surface area contributed by atoms with Crippen molar-refractivity contribution in [2.75, 3.05) is 0 Å². The Balaban J connectivity index is 1.56. The van der Waals surface area contributed by atoms with Crippen LogP contribution < -0.4 is 0 Å². The summed E-state index contributed by atoms with van der Waals surface area (Å²) in [5.74, 6) is 4.85. The monoisotopic (exact) mass is 323 g/mol. The maximum atomic E-state index is 11.8. The Morgan fingerprint density at radius 1 is 1.33 bits per heavy atom. The van der Waals surface area contributed by atoms with Gasteiger partial charge in [0.2, 0.25) is 0 Å². The summed E-state index contributed by atoms with van der Waals surface area (Å²) in [6.45, 7) is 8.92. The van der Waals surface area contributed by atoms with Gasteiger partial charge in [0, 0.05) is 6.42 Å². The van der Waals surface area contributed by atoms with E-state index in [0.29, 0.717) is 23.0 Å². The lowest BCUT2D eigenvalue weighted by atomic mass is 9.49. The van der Waals surface area contributed by atoms with Crippen LogP contribution in [0, 0.1) is 40.9 Å². The van der Waals surface area contributed by atoms with Gasteiger partial charge < -0.3 is 0 Å². The number of aliphatic imine (C=N–C) groups is 1. The summed E-state index contributed by atoms with van der Waals surface area (Å²) < 4.78 is 0. The van der Waals surface area contributed by atoms with Gasteiger partial charge in [-0.2, -0.15) is 0 Å². The van der Waals surface area contributed by atoms with Crippen LogP contribution in [0.4, 0.5) is 0 Å². The molecule has 24 heavy (non-hydrogen) atoms. The first-order valence-corrected chi connectivity index (χ1v) is 9.96. The van der Waals surface area contributed by atoms with Crippen molar-refractivity contribution in [2.45, 2.75) is 57.9 Å². The standard InChI is InChI=1S/C22H29NO/c1-4-22(23-3)19-12-18(19)20-17-7-5-13-11-14(24)6-8-15(13)16(17)9-10-21(20,22)2/h5,7,11,15-20H,3-4,6,8-10,12H2,1-2H3/t15-,16+,17+,18+,19-,20+,21-,22-/m0/s1. The van der Waals surface area contributed by atoms with Gasteiger partial charge in [0.1, 0.15) is 0 Å². The molecular weight excluding hydrogens is 294 g/mol. The highest BCUT2D eigenvalue weighted by Crippen LogP contribution is 2.76. The second kappa shape index (κ2) is 4.71. The lowest BCUT2D eigenvalue weighted by Crippen LogP contribution is -2.53. The Labute approximate surface area is 145 Å². The van der Waals surface area contributed by atoms with Crippen LogP contribution in [-0.4, -0.2) is 18.0 Å². The topological polar surface area (TPSA) is 29.4 Å². The highest BCUT2D eigenvalue weighted by molar-refractivity contribution is 5.91. The van der Waals surface area contributed by atoms with E-state index in [4.69, 9.17) is 4.99 Å². The third-order valence-electron chi connectivity index (χ3n) is 8.85. The van der Waals surface area contributed by atoms with Gasteiger partial charge in [-0.05, 0) is 91.4 Å². The first kappa shape index (κ1) is 15.1. The molecular formula is C22H29NO. The van der Waals surface area contributed by atoms with Crippen molar-refractivity contribution >= 4 is 12.5 Å². The van der Waals surface area contributed by atoms with E-state index in [9.17, 15) is 4.79 Å². The van der Waals surface area contributed by atoms with E-state index in [0.717, 1.165) is 42.9 Å². The van der Waals surface area contributed by atoms with Crippen LogP contribution in [-0.2, 0) is 4.79 Å². The maximum absolute atomic E-state index is 11.8. The molecule has 0 saturated heterocycles. The molecule has 0 spiro atoms. The number of allylic oxidation sites excluding steroid dienone is 4. The molecule has 0 heterocycles. The summed E-state index contributed by atoms with van der Waals surface area (Å²) in [5.41, 5.74) is 1.78. The van der Waals surface area contributed by atoms with E-state index < -0.39 is 0 Å². The predicted molar refractivity (Wildman–Crippen MR) is 96.9 cm³/mol. The normalized spacial score (nSPS) is 54.2. The van der Waals surface area contributed by atoms with Gasteiger partial charge in [0.15, 0.2) is 5.78 Å². The Hall–Kier alpha value is -1.18. The molecule has 3 saturated carbocycles. The molecule has 8 atom stereocenters. The number of ketones is 1. The number of carbonyl (C=O) groups is 1. The van der Waals surface area contributed by atoms with Crippen molar-refractivity contribution in [2.24, 2.45) is 45.9 Å². The van der Waals surface area contributed by atoms with Crippen LogP contribution in [0.3, 0.4) is 0 Å². The predicted octanol–water partition coefficient (Wildman–Crippen LogP) is 4.61. The molecule has 0 aromatic carbocycles. The van der Waals surface area contributed by atoms with E-state index in [-0.39, 0.29) is 5.54 Å². The van der Waals surface area contributed by atoms with E-state index in [1.807, 2.05) is 6.08 Å². The number of nitrogens with zero attached hydrogens (tertiary/aromatic N) is 1. The Bertz CT molecular complexity index is 675. The zero-order valence-corrected chi connectivity index (χ0v) is 15.0. The van der Waals surface area contributed by atoms with E-state index >= 15 is 0 Å². The molecule has 0 radical (unpaired) electrons. The maximum Gasteiger partial charge on any atom is 0.155 e. The molecule has 3 fully saturated rings. The largest absolute Gasteiger partial charge is 0.295 e. The van der Waals surface area contributed by atoms with Gasteiger partial charge in [-0.1, -0.05) is 26.0 Å². The second-order valence-corrected chi connectivity index (χ2v) is 9.28. The number of rotatable bonds is 2. The van der Waals surface area contributed by atoms with Gasteiger partial charge in [-0.3, -0.25) is 9.79 Å². The number of carbonyl (C=O) groups excluding carboxylic acids is 1. The van der Waals surface area contributed by atoms with E-state index in [2.05, 4.69) is 32.7 Å². The fourth-order valence-corrected chi connectivity index (χ4v) is 7.86. The number of fused-ring (bicyclic) bond motifs is 7. The summed E-state index contributed by atoms with van der Waals surface area (Å²) in [6.07, 6.45) is 13.7. The van der Waals surface area contributed by atoms with E-state index in [1.165, 1.54) is 24.8 Å². The molecule has 5 aliphatic rings. The Kier molecular flexibility index (Phi) is 2.96. The molecule has 0 aliphatic heterocycles. The molecule has 128 valence electrons. The van der Waals surface area contributed by atoms with Crippen molar-refractivity contribution in [3.8, 4) is 0 Å². The minimum atomic E-state index is 0.125. The fourth-order valence-electron chi connectivity index (χ4n) is 7.86. The van der Waals surface area contributed by atoms with Gasteiger partial charge in [-0.25, -0.2) is 0 Å². The summed E-state index contributed by atoms with van der Waals surface area (Å²) in [6, 6.07) is 0. The molecule has 5 rings (SSSR count). The van der Waals surface area contributed by atoms with Crippen LogP contribution in [0.5, 0.6) is 0 Å². The lowest BCUT2D eigenvalue weighted by molar-refractivity contribution is -0.115.